The van der Waals surface area contributed by atoms with Crippen molar-refractivity contribution in [2.45, 2.75) is 212 Å². The summed E-state index contributed by atoms with van der Waals surface area (Å²) in [5.41, 5.74) is 0. The van der Waals surface area contributed by atoms with Crippen LogP contribution in [0.15, 0.2) is 0 Å². The molecule has 5 rings (SSSR count). The summed E-state index contributed by atoms with van der Waals surface area (Å²) in [5.74, 6) is -3.26. The molecule has 0 aliphatic carbocycles. The predicted molar refractivity (Wildman–Crippen MR) is 246 cm³/mol. The van der Waals surface area contributed by atoms with E-state index in [9.17, 15) is 101 Å². The molecule has 29 atom stereocenters. The smallest absolute Gasteiger partial charge is 0.217 e. The Morgan fingerprint density at radius 2 is 0.897 bits per heavy atom. The van der Waals surface area contributed by atoms with Gasteiger partial charge in [-0.05, 0) is 6.92 Å². The first kappa shape index (κ1) is 65.6. The highest BCUT2D eigenvalue weighted by Crippen LogP contribution is 2.37. The van der Waals surface area contributed by atoms with Gasteiger partial charge in [0, 0.05) is 27.7 Å². The third-order valence-electron chi connectivity index (χ3n) is 13.6. The Morgan fingerprint density at radius 3 is 1.40 bits per heavy atom. The van der Waals surface area contributed by atoms with Crippen LogP contribution in [0.2, 0.25) is 0 Å². The number of carbonyl (C=O) groups is 4. The van der Waals surface area contributed by atoms with Crippen LogP contribution in [0.4, 0.5) is 0 Å². The average Bonchev–Trinajstić information content (AvgIpc) is 3.44. The van der Waals surface area contributed by atoms with Crippen molar-refractivity contribution in [1.82, 2.24) is 21.3 Å². The second kappa shape index (κ2) is 29.2. The molecule has 4 amide bonds. The van der Waals surface area contributed by atoms with Gasteiger partial charge in [0.25, 0.3) is 0 Å². The molecule has 34 nitrogen and oxygen atoms in total. The number of aliphatic hydroxyl groups is 16. The molecule has 5 saturated heterocycles. The van der Waals surface area contributed by atoms with E-state index >= 15 is 0 Å². The van der Waals surface area contributed by atoms with Crippen LogP contribution >= 0.6 is 0 Å². The van der Waals surface area contributed by atoms with Crippen molar-refractivity contribution in [3.8, 4) is 0 Å². The van der Waals surface area contributed by atoms with Crippen molar-refractivity contribution in [3.63, 3.8) is 0 Å². The molecule has 0 unspecified atom stereocenters. The summed E-state index contributed by atoms with van der Waals surface area (Å²) >= 11 is 0. The summed E-state index contributed by atoms with van der Waals surface area (Å²) in [6.07, 6.45) is -47.7. The Labute approximate surface area is 444 Å². The number of aliphatic hydroxyl groups excluding tert-OH is 16. The van der Waals surface area contributed by atoms with E-state index in [4.69, 9.17) is 47.4 Å². The summed E-state index contributed by atoms with van der Waals surface area (Å²) in [5, 5.41) is 183. The minimum absolute atomic E-state index is 0.777. The van der Waals surface area contributed by atoms with E-state index in [2.05, 4.69) is 21.3 Å². The van der Waals surface area contributed by atoms with Crippen molar-refractivity contribution < 1.29 is 148 Å². The molecule has 0 saturated carbocycles. The minimum atomic E-state index is -2.27. The SMILES string of the molecule is CC(=O)N[C@H]1[C@@H](O[C@H]2[C@@H](O)[C@@H](CO)O[C@@H](O[C@H]3[C@H](O)[C@@H](CO)O[C@@H](OC[C@@H](O)[C@H](O)[C@H](O[C@@H]4O[C@H](CO)[C@@H](O)[C@H](O)[C@H]4NC(C)=O)[C@H](CO)NC(C)=O)[C@@H]3NC(C)=O)[C@@H]2O[C@@H]2O[C@@H](C)[C@@H](O)[C@@H](O)[C@@H]2O)O[C@H](CO)[C@H](O)[C@@H]1O. The van der Waals surface area contributed by atoms with Gasteiger partial charge >= 0.3 is 0 Å². The maximum Gasteiger partial charge on any atom is 0.217 e. The van der Waals surface area contributed by atoms with E-state index in [1.165, 1.54) is 6.92 Å². The van der Waals surface area contributed by atoms with Crippen molar-refractivity contribution in [2.24, 2.45) is 0 Å². The molecule has 5 heterocycles. The van der Waals surface area contributed by atoms with Crippen LogP contribution in [0.25, 0.3) is 0 Å². The molecule has 20 N–H and O–H groups in total. The van der Waals surface area contributed by atoms with Crippen LogP contribution in [0.5, 0.6) is 0 Å². The lowest BCUT2D eigenvalue weighted by Gasteiger charge is -2.51. The average molecular weight is 1140 g/mol. The number of nitrogens with one attached hydrogen (secondary N) is 4. The fourth-order valence-electron chi connectivity index (χ4n) is 9.55. The number of hydrogen-bond donors (Lipinski definition) is 20. The number of rotatable bonds is 23. The van der Waals surface area contributed by atoms with Crippen LogP contribution in [0.3, 0.4) is 0 Å². The van der Waals surface area contributed by atoms with Crippen LogP contribution < -0.4 is 21.3 Å². The summed E-state index contributed by atoms with van der Waals surface area (Å²) < 4.78 is 59.1. The van der Waals surface area contributed by atoms with E-state index in [1.807, 2.05) is 0 Å². The van der Waals surface area contributed by atoms with Crippen molar-refractivity contribution >= 4 is 23.6 Å². The van der Waals surface area contributed by atoms with Gasteiger partial charge in [0.15, 0.2) is 31.5 Å². The zero-order chi connectivity index (χ0) is 58.2. The van der Waals surface area contributed by atoms with Gasteiger partial charge < -0.3 is 150 Å². The maximum atomic E-state index is 12.9. The van der Waals surface area contributed by atoms with Gasteiger partial charge in [-0.1, -0.05) is 0 Å². The third kappa shape index (κ3) is 15.5. The van der Waals surface area contributed by atoms with Crippen LogP contribution in [-0.2, 0) is 66.5 Å². The second-order valence-electron chi connectivity index (χ2n) is 19.5. The number of amides is 4. The van der Waals surface area contributed by atoms with Crippen LogP contribution in [0, 0.1) is 0 Å². The molecular formula is C44H76N4O30. The van der Waals surface area contributed by atoms with E-state index in [0.717, 1.165) is 27.7 Å². The number of ether oxygens (including phenoxy) is 10. The number of hydrogen-bond acceptors (Lipinski definition) is 30. The van der Waals surface area contributed by atoms with Gasteiger partial charge in [-0.3, -0.25) is 19.2 Å². The highest BCUT2D eigenvalue weighted by Gasteiger charge is 2.58. The first-order chi connectivity index (χ1) is 36.7. The molecule has 0 spiro atoms. The Bertz CT molecular complexity index is 1920. The van der Waals surface area contributed by atoms with E-state index in [-0.39, 0.29) is 0 Å². The standard InChI is InChI=1S/C44H76N4O30/c1-12-26(59)34(67)35(68)43(70-12)78-39-38(77-42-24(47-15(4)56)33(66)29(62)20(8-51)73-42)31(64)22(10-53)74-44(39)76-37-25(48-16(5)57)40(71-21(9-52)30(37)63)69-11-18(58)27(60)36(17(6-49)45-13(2)54)75-41-23(46-14(3)55)32(65)28(61)19(7-50)72-41/h12,17-44,49-53,58-68H,6-11H2,1-5H3,(H,45,54)(H,46,55)(H,47,56)(H,48,57)/t12-,17-,18+,19+,20+,21+,22+,23+,24+,25+,26+,27-,28+,29-,30+,31-,32+,33+,34+,35-,36+,37+,38-,39+,40+,41-,42+,43-,44-/m0/s1. The van der Waals surface area contributed by atoms with E-state index in [0.29, 0.717) is 0 Å². The molecular weight excluding hydrogens is 1060 g/mol. The second-order valence-corrected chi connectivity index (χ2v) is 19.5. The largest absolute Gasteiger partial charge is 0.394 e. The monoisotopic (exact) mass is 1140 g/mol. The molecule has 0 aromatic carbocycles. The Morgan fingerprint density at radius 1 is 0.462 bits per heavy atom. The van der Waals surface area contributed by atoms with Gasteiger partial charge in [0.1, 0.15) is 134 Å². The van der Waals surface area contributed by atoms with Crippen LogP contribution in [0.1, 0.15) is 34.6 Å². The first-order valence-corrected chi connectivity index (χ1v) is 24.9. The van der Waals surface area contributed by atoms with Gasteiger partial charge in [-0.15, -0.1) is 0 Å². The lowest BCUT2D eigenvalue weighted by Crippen LogP contribution is -2.70. The Balaban J connectivity index is 1.51. The van der Waals surface area contributed by atoms with Crippen molar-refractivity contribution in [2.75, 3.05) is 39.6 Å². The molecule has 0 bridgehead atoms. The topological polar surface area (TPSA) is 532 Å². The lowest BCUT2D eigenvalue weighted by molar-refractivity contribution is -0.397. The summed E-state index contributed by atoms with van der Waals surface area (Å²) in [6, 6.07) is -6.74. The maximum absolute atomic E-state index is 12.9. The van der Waals surface area contributed by atoms with Crippen molar-refractivity contribution in [1.29, 1.82) is 0 Å². The normalized spacial score (nSPS) is 42.9. The highest BCUT2D eigenvalue weighted by atomic mass is 16.8. The molecule has 452 valence electrons. The number of carbonyl (C=O) groups excluding carboxylic acids is 4. The fraction of sp³-hybridized carbons (Fsp3) is 0.909. The summed E-state index contributed by atoms with van der Waals surface area (Å²) in [4.78, 5) is 49.7. The minimum Gasteiger partial charge on any atom is -0.394 e. The third-order valence-corrected chi connectivity index (χ3v) is 13.6. The van der Waals surface area contributed by atoms with Gasteiger partial charge in [-0.2, -0.15) is 0 Å². The van der Waals surface area contributed by atoms with Gasteiger partial charge in [0.2, 0.25) is 23.6 Å². The Hall–Kier alpha value is -3.16. The fourth-order valence-corrected chi connectivity index (χ4v) is 9.55. The van der Waals surface area contributed by atoms with E-state index < -0.39 is 241 Å². The molecule has 5 fully saturated rings. The summed E-state index contributed by atoms with van der Waals surface area (Å²) in [6.45, 7) is -0.674. The van der Waals surface area contributed by atoms with Crippen molar-refractivity contribution in [3.05, 3.63) is 0 Å². The van der Waals surface area contributed by atoms with Gasteiger partial charge in [0.05, 0.1) is 51.8 Å². The van der Waals surface area contributed by atoms with Crippen LogP contribution in [-0.4, -0.2) is 323 Å². The molecule has 0 aromatic heterocycles. The molecule has 0 aromatic rings. The lowest BCUT2D eigenvalue weighted by atomic mass is 9.94. The summed E-state index contributed by atoms with van der Waals surface area (Å²) in [7, 11) is 0. The quantitative estimate of drug-likeness (QED) is 0.0452. The van der Waals surface area contributed by atoms with E-state index in [1.54, 1.807) is 0 Å². The first-order valence-electron chi connectivity index (χ1n) is 24.9. The predicted octanol–water partition coefficient (Wildman–Crippen LogP) is -12.9. The molecule has 78 heavy (non-hydrogen) atoms. The zero-order valence-corrected chi connectivity index (χ0v) is 42.9. The molecule has 34 heteroatoms. The molecule has 5 aliphatic heterocycles. The Kier molecular flexibility index (Phi) is 24.6. The highest BCUT2D eigenvalue weighted by molar-refractivity contribution is 5.74. The van der Waals surface area contributed by atoms with Gasteiger partial charge in [-0.25, -0.2) is 0 Å². The zero-order valence-electron chi connectivity index (χ0n) is 42.9. The molecule has 5 aliphatic rings. The molecule has 0 radical (unpaired) electrons.